The van der Waals surface area contributed by atoms with Crippen molar-refractivity contribution in [3.63, 3.8) is 0 Å². The zero-order chi connectivity index (χ0) is 13.9. The number of alkyl halides is 1. The second-order valence-corrected chi connectivity index (χ2v) is 11.5. The van der Waals surface area contributed by atoms with E-state index in [9.17, 15) is 0 Å². The topological polar surface area (TPSA) is 9.23 Å². The van der Waals surface area contributed by atoms with E-state index in [-0.39, 0.29) is 5.60 Å². The first-order chi connectivity index (χ1) is 8.98. The summed E-state index contributed by atoms with van der Waals surface area (Å²) in [5, 5.41) is 1.51. The Morgan fingerprint density at radius 1 is 1.26 bits per heavy atom. The van der Waals surface area contributed by atoms with Crippen LogP contribution in [0.5, 0.6) is 0 Å². The Labute approximate surface area is 132 Å². The predicted molar refractivity (Wildman–Crippen MR) is 94.0 cm³/mol. The van der Waals surface area contributed by atoms with E-state index in [2.05, 4.69) is 73.7 Å². The third-order valence-corrected chi connectivity index (χ3v) is 9.87. The molecule has 0 amide bonds. The highest BCUT2D eigenvalue weighted by atomic mass is 127. The summed E-state index contributed by atoms with van der Waals surface area (Å²) >= 11 is 2.52. The van der Waals surface area contributed by atoms with Crippen molar-refractivity contribution >= 4 is 36.1 Å². The summed E-state index contributed by atoms with van der Waals surface area (Å²) in [6, 6.07) is 12.4. The summed E-state index contributed by atoms with van der Waals surface area (Å²) in [7, 11) is -1.80. The van der Waals surface area contributed by atoms with Crippen LogP contribution in [0.2, 0.25) is 11.6 Å². The molecule has 1 aliphatic rings. The average Bonchev–Trinajstić information content (AvgIpc) is 2.73. The van der Waals surface area contributed by atoms with Crippen LogP contribution >= 0.6 is 22.6 Å². The second-order valence-electron chi connectivity index (χ2n) is 6.54. The Morgan fingerprint density at radius 2 is 1.95 bits per heavy atom. The molecule has 0 aromatic heterocycles. The van der Waals surface area contributed by atoms with Crippen molar-refractivity contribution in [3.8, 4) is 0 Å². The molecule has 1 heterocycles. The van der Waals surface area contributed by atoms with Crippen molar-refractivity contribution in [1.29, 1.82) is 0 Å². The summed E-state index contributed by atoms with van der Waals surface area (Å²) in [6.07, 6.45) is 4.02. The van der Waals surface area contributed by atoms with E-state index in [0.29, 0.717) is 0 Å². The van der Waals surface area contributed by atoms with E-state index in [1.807, 2.05) is 0 Å². The Kier molecular flexibility index (Phi) is 5.12. The molecule has 0 saturated carbocycles. The summed E-state index contributed by atoms with van der Waals surface area (Å²) in [5.74, 6) is 0. The van der Waals surface area contributed by atoms with Gasteiger partial charge in [-0.25, -0.2) is 0 Å². The zero-order valence-corrected chi connectivity index (χ0v) is 15.4. The summed E-state index contributed by atoms with van der Waals surface area (Å²) in [4.78, 5) is 0. The third-order valence-electron chi connectivity index (χ3n) is 3.97. The molecule has 19 heavy (non-hydrogen) atoms. The van der Waals surface area contributed by atoms with Gasteiger partial charge in [0.1, 0.15) is 0 Å². The lowest BCUT2D eigenvalue weighted by atomic mass is 10.2. The van der Waals surface area contributed by atoms with Gasteiger partial charge in [0.05, 0.1) is 0 Å². The van der Waals surface area contributed by atoms with E-state index in [1.54, 1.807) is 0 Å². The molecule has 106 valence electrons. The van der Waals surface area contributed by atoms with Crippen LogP contribution in [0.4, 0.5) is 0 Å². The van der Waals surface area contributed by atoms with Crippen LogP contribution in [-0.4, -0.2) is 18.3 Å². The molecule has 0 N–H and O–H groups in total. The van der Waals surface area contributed by atoms with Crippen molar-refractivity contribution in [2.45, 2.75) is 57.2 Å². The van der Waals surface area contributed by atoms with Crippen LogP contribution in [0.25, 0.3) is 0 Å². The zero-order valence-electron chi connectivity index (χ0n) is 12.3. The van der Waals surface area contributed by atoms with Gasteiger partial charge in [-0.05, 0) is 48.4 Å². The van der Waals surface area contributed by atoms with E-state index >= 15 is 0 Å². The fraction of sp³-hybridized carbons (Fsp3) is 0.625. The van der Waals surface area contributed by atoms with Crippen molar-refractivity contribution in [2.24, 2.45) is 0 Å². The lowest BCUT2D eigenvalue weighted by molar-refractivity contribution is 0.119. The molecule has 3 heteroatoms. The Morgan fingerprint density at radius 3 is 2.53 bits per heavy atom. The SMILES string of the molecule is CC(C)(C)O[Si]1(c2ccccc2)CCC[C@@H]1CCI. The Bertz CT molecular complexity index is 401. The normalized spacial score (nSPS) is 27.7. The molecule has 2 atom stereocenters. The maximum absolute atomic E-state index is 6.77. The number of benzene rings is 1. The fourth-order valence-corrected chi connectivity index (χ4v) is 10.2. The van der Waals surface area contributed by atoms with Crippen LogP contribution in [0, 0.1) is 0 Å². The quantitative estimate of drug-likeness (QED) is 0.415. The van der Waals surface area contributed by atoms with Crippen molar-refractivity contribution in [2.75, 3.05) is 4.43 Å². The van der Waals surface area contributed by atoms with Gasteiger partial charge in [-0.1, -0.05) is 65.8 Å². The molecule has 1 aromatic rings. The first-order valence-electron chi connectivity index (χ1n) is 7.29. The van der Waals surface area contributed by atoms with Crippen molar-refractivity contribution < 1.29 is 4.43 Å². The van der Waals surface area contributed by atoms with Gasteiger partial charge in [-0.3, -0.25) is 0 Å². The smallest absolute Gasteiger partial charge is 0.227 e. The van der Waals surface area contributed by atoms with Crippen LogP contribution in [0.3, 0.4) is 0 Å². The molecule has 0 radical (unpaired) electrons. The average molecular weight is 388 g/mol. The van der Waals surface area contributed by atoms with Gasteiger partial charge in [-0.2, -0.15) is 0 Å². The van der Waals surface area contributed by atoms with Gasteiger partial charge in [0.15, 0.2) is 0 Å². The van der Waals surface area contributed by atoms with Gasteiger partial charge in [-0.15, -0.1) is 0 Å². The van der Waals surface area contributed by atoms with Gasteiger partial charge < -0.3 is 4.43 Å². The van der Waals surface area contributed by atoms with E-state index in [0.717, 1.165) is 5.54 Å². The number of rotatable bonds is 4. The number of hydrogen-bond acceptors (Lipinski definition) is 1. The van der Waals surface area contributed by atoms with Gasteiger partial charge >= 0.3 is 0 Å². The molecule has 1 nitrogen and oxygen atoms in total. The van der Waals surface area contributed by atoms with Crippen LogP contribution in [-0.2, 0) is 4.43 Å². The van der Waals surface area contributed by atoms with Crippen molar-refractivity contribution in [3.05, 3.63) is 30.3 Å². The van der Waals surface area contributed by atoms with E-state index in [4.69, 9.17) is 4.43 Å². The standard InChI is InChI=1S/C16H25IOSi/c1-16(2,3)18-19(14-8-5-4-6-9-14)13-7-10-15(19)11-12-17/h4-6,8-9,15H,7,10-13H2,1-3H3/t15-,19?/m1/s1. The summed E-state index contributed by atoms with van der Waals surface area (Å²) in [5.41, 5.74) is 0.765. The highest BCUT2D eigenvalue weighted by Gasteiger charge is 2.50. The number of hydrogen-bond donors (Lipinski definition) is 0. The van der Waals surface area contributed by atoms with Gasteiger partial charge in [0.2, 0.25) is 8.32 Å². The summed E-state index contributed by atoms with van der Waals surface area (Å²) in [6.45, 7) is 6.64. The highest BCUT2D eigenvalue weighted by molar-refractivity contribution is 14.1. The maximum atomic E-state index is 6.77. The molecular weight excluding hydrogens is 363 g/mol. The van der Waals surface area contributed by atoms with Crippen LogP contribution in [0.1, 0.15) is 40.0 Å². The first kappa shape index (κ1) is 15.5. The molecule has 1 fully saturated rings. The van der Waals surface area contributed by atoms with Gasteiger partial charge in [0.25, 0.3) is 0 Å². The Balaban J connectivity index is 2.38. The first-order valence-corrected chi connectivity index (χ1v) is 11.0. The molecule has 0 bridgehead atoms. The van der Waals surface area contributed by atoms with Crippen LogP contribution < -0.4 is 5.19 Å². The lowest BCUT2D eigenvalue weighted by Gasteiger charge is -2.39. The maximum Gasteiger partial charge on any atom is 0.227 e. The Hall–Kier alpha value is 0.127. The molecule has 1 aromatic carbocycles. The predicted octanol–water partition coefficient (Wildman–Crippen LogP) is 4.64. The minimum Gasteiger partial charge on any atom is -0.407 e. The fourth-order valence-electron chi connectivity index (χ4n) is 3.40. The minimum absolute atomic E-state index is 0.0318. The molecule has 2 rings (SSSR count). The van der Waals surface area contributed by atoms with Gasteiger partial charge in [0, 0.05) is 5.60 Å². The molecular formula is C16H25IOSi. The molecule has 0 spiro atoms. The molecule has 0 aliphatic carbocycles. The molecule has 1 saturated heterocycles. The second kappa shape index (κ2) is 6.27. The monoisotopic (exact) mass is 388 g/mol. The highest BCUT2D eigenvalue weighted by Crippen LogP contribution is 2.44. The van der Waals surface area contributed by atoms with Crippen molar-refractivity contribution in [1.82, 2.24) is 0 Å². The van der Waals surface area contributed by atoms with E-state index < -0.39 is 8.32 Å². The summed E-state index contributed by atoms with van der Waals surface area (Å²) < 4.78 is 8.02. The largest absolute Gasteiger partial charge is 0.407 e. The van der Waals surface area contributed by atoms with Crippen LogP contribution in [0.15, 0.2) is 30.3 Å². The van der Waals surface area contributed by atoms with E-state index in [1.165, 1.54) is 34.9 Å². The minimum atomic E-state index is -1.80. The number of halogens is 1. The molecule has 1 unspecified atom stereocenters. The molecule has 1 aliphatic heterocycles. The third kappa shape index (κ3) is 3.61. The lowest BCUT2D eigenvalue weighted by Crippen LogP contribution is -2.55.